The minimum absolute atomic E-state index is 0.0303. The lowest BCUT2D eigenvalue weighted by Gasteiger charge is -2.09. The van der Waals surface area contributed by atoms with Crippen molar-refractivity contribution < 1.29 is 22.0 Å². The Bertz CT molecular complexity index is 768. The summed E-state index contributed by atoms with van der Waals surface area (Å²) in [4.78, 5) is -0.147. The second-order valence-electron chi connectivity index (χ2n) is 4.79. The van der Waals surface area contributed by atoms with Crippen LogP contribution in [0.1, 0.15) is 24.0 Å². The predicted octanol–water partition coefficient (Wildman–Crippen LogP) is 2.91. The fraction of sp³-hybridized carbons (Fsp3) is 0.333. The lowest BCUT2D eigenvalue weighted by Crippen LogP contribution is -2.23. The average Bonchev–Trinajstić information content (AvgIpc) is 2.77. The van der Waals surface area contributed by atoms with Crippen LogP contribution in [0.5, 0.6) is 5.75 Å². The van der Waals surface area contributed by atoms with Crippen molar-refractivity contribution in [1.82, 2.24) is 4.72 Å². The third kappa shape index (κ3) is 3.66. The van der Waals surface area contributed by atoms with Gasteiger partial charge in [0.05, 0.1) is 11.5 Å². The van der Waals surface area contributed by atoms with Crippen LogP contribution in [0.25, 0.3) is 0 Å². The molecule has 1 N–H and O–H groups in total. The molecular formula is C15H18FNO4S. The number of furan rings is 1. The average molecular weight is 327 g/mol. The van der Waals surface area contributed by atoms with E-state index < -0.39 is 15.8 Å². The molecule has 1 heterocycles. The van der Waals surface area contributed by atoms with Gasteiger partial charge in [-0.3, -0.25) is 0 Å². The van der Waals surface area contributed by atoms with Crippen molar-refractivity contribution in [2.45, 2.75) is 32.2 Å². The molecule has 0 spiro atoms. The highest BCUT2D eigenvalue weighted by molar-refractivity contribution is 7.89. The fourth-order valence-electron chi connectivity index (χ4n) is 2.04. The molecule has 0 aliphatic rings. The van der Waals surface area contributed by atoms with E-state index in [4.69, 9.17) is 9.15 Å². The molecule has 0 unspecified atom stereocenters. The maximum Gasteiger partial charge on any atom is 0.240 e. The topological polar surface area (TPSA) is 68.5 Å². The molecule has 22 heavy (non-hydrogen) atoms. The molecule has 7 heteroatoms. The number of halogens is 1. The number of aryl methyl sites for hydroxylation is 2. The van der Waals surface area contributed by atoms with Crippen LogP contribution in [0.3, 0.4) is 0 Å². The van der Waals surface area contributed by atoms with Gasteiger partial charge in [0.2, 0.25) is 10.0 Å². The van der Waals surface area contributed by atoms with Crippen LogP contribution in [-0.2, 0) is 16.6 Å². The summed E-state index contributed by atoms with van der Waals surface area (Å²) in [5.74, 6) is 0.680. The Morgan fingerprint density at radius 2 is 2.00 bits per heavy atom. The van der Waals surface area contributed by atoms with Crippen molar-refractivity contribution in [2.24, 2.45) is 0 Å². The minimum Gasteiger partial charge on any atom is -0.491 e. The van der Waals surface area contributed by atoms with Gasteiger partial charge in [-0.25, -0.2) is 17.5 Å². The molecule has 0 saturated heterocycles. The Hall–Kier alpha value is -1.86. The van der Waals surface area contributed by atoms with Gasteiger partial charge >= 0.3 is 0 Å². The van der Waals surface area contributed by atoms with Gasteiger partial charge in [-0.05, 0) is 45.0 Å². The first kappa shape index (κ1) is 16.5. The van der Waals surface area contributed by atoms with E-state index in [-0.39, 0.29) is 17.2 Å². The summed E-state index contributed by atoms with van der Waals surface area (Å²) in [5, 5.41) is 0. The summed E-state index contributed by atoms with van der Waals surface area (Å²) in [6.07, 6.45) is 0. The van der Waals surface area contributed by atoms with Gasteiger partial charge in [-0.1, -0.05) is 0 Å². The maximum absolute atomic E-state index is 13.8. The van der Waals surface area contributed by atoms with Crippen molar-refractivity contribution in [2.75, 3.05) is 6.61 Å². The molecule has 0 aliphatic heterocycles. The molecule has 0 saturated carbocycles. The molecule has 5 nitrogen and oxygen atoms in total. The highest BCUT2D eigenvalue weighted by atomic mass is 32.2. The lowest BCUT2D eigenvalue weighted by atomic mass is 10.2. The van der Waals surface area contributed by atoms with Crippen molar-refractivity contribution in [3.05, 3.63) is 47.2 Å². The van der Waals surface area contributed by atoms with Gasteiger partial charge in [0, 0.05) is 12.1 Å². The van der Waals surface area contributed by atoms with Crippen LogP contribution in [-0.4, -0.2) is 15.0 Å². The lowest BCUT2D eigenvalue weighted by molar-refractivity contribution is 0.321. The summed E-state index contributed by atoms with van der Waals surface area (Å²) in [6.45, 7) is 5.65. The van der Waals surface area contributed by atoms with Gasteiger partial charge in [0.25, 0.3) is 0 Å². The summed E-state index contributed by atoms with van der Waals surface area (Å²) >= 11 is 0. The van der Waals surface area contributed by atoms with Gasteiger partial charge in [-0.2, -0.15) is 0 Å². The highest BCUT2D eigenvalue weighted by Crippen LogP contribution is 2.21. The van der Waals surface area contributed by atoms with E-state index in [1.165, 1.54) is 12.1 Å². The molecule has 0 bridgehead atoms. The van der Waals surface area contributed by atoms with E-state index in [1.54, 1.807) is 26.8 Å². The SMILES string of the molecule is CCOc1ccc(S(=O)(=O)NCc2cc(C)oc2C)cc1F. The Morgan fingerprint density at radius 3 is 2.55 bits per heavy atom. The third-order valence-corrected chi connectivity index (χ3v) is 4.51. The molecular weight excluding hydrogens is 309 g/mol. The number of benzene rings is 1. The normalized spacial score (nSPS) is 11.6. The van der Waals surface area contributed by atoms with E-state index in [0.29, 0.717) is 18.1 Å². The van der Waals surface area contributed by atoms with E-state index in [0.717, 1.165) is 11.6 Å². The molecule has 1 aromatic carbocycles. The summed E-state index contributed by atoms with van der Waals surface area (Å²) in [6, 6.07) is 5.32. The van der Waals surface area contributed by atoms with Crippen molar-refractivity contribution in [1.29, 1.82) is 0 Å². The van der Waals surface area contributed by atoms with Crippen molar-refractivity contribution in [3.63, 3.8) is 0 Å². The summed E-state index contributed by atoms with van der Waals surface area (Å²) in [7, 11) is -3.81. The molecule has 0 fully saturated rings. The number of hydrogen-bond donors (Lipinski definition) is 1. The van der Waals surface area contributed by atoms with Gasteiger partial charge < -0.3 is 9.15 Å². The molecule has 2 rings (SSSR count). The van der Waals surface area contributed by atoms with E-state index in [9.17, 15) is 12.8 Å². The molecule has 0 aliphatic carbocycles. The largest absolute Gasteiger partial charge is 0.491 e. The Balaban J connectivity index is 2.16. The molecule has 2 aromatic rings. The third-order valence-electron chi connectivity index (χ3n) is 3.11. The number of hydrogen-bond acceptors (Lipinski definition) is 4. The fourth-order valence-corrected chi connectivity index (χ4v) is 3.05. The number of sulfonamides is 1. The number of ether oxygens (including phenoxy) is 1. The zero-order valence-corrected chi connectivity index (χ0v) is 13.5. The molecule has 0 atom stereocenters. The smallest absolute Gasteiger partial charge is 0.240 e. The van der Waals surface area contributed by atoms with Gasteiger partial charge in [0.1, 0.15) is 11.5 Å². The van der Waals surface area contributed by atoms with Crippen molar-refractivity contribution >= 4 is 10.0 Å². The predicted molar refractivity (Wildman–Crippen MR) is 79.8 cm³/mol. The maximum atomic E-state index is 13.8. The standard InChI is InChI=1S/C15H18FNO4S/c1-4-20-15-6-5-13(8-14(15)16)22(18,19)17-9-12-7-10(2)21-11(12)3/h5-8,17H,4,9H2,1-3H3. The second kappa shape index (κ2) is 6.50. The number of nitrogens with one attached hydrogen (secondary N) is 1. The first-order chi connectivity index (χ1) is 10.3. The molecule has 120 valence electrons. The van der Waals surface area contributed by atoms with E-state index in [1.807, 2.05) is 0 Å². The first-order valence-electron chi connectivity index (χ1n) is 6.81. The van der Waals surface area contributed by atoms with Crippen LogP contribution in [0.15, 0.2) is 33.6 Å². The summed E-state index contributed by atoms with van der Waals surface area (Å²) in [5.41, 5.74) is 0.743. The Morgan fingerprint density at radius 1 is 1.27 bits per heavy atom. The second-order valence-corrected chi connectivity index (χ2v) is 6.56. The zero-order valence-electron chi connectivity index (χ0n) is 12.6. The summed E-state index contributed by atoms with van der Waals surface area (Å²) < 4.78 is 51.0. The molecule has 1 aromatic heterocycles. The quantitative estimate of drug-likeness (QED) is 0.886. The molecule has 0 radical (unpaired) electrons. The van der Waals surface area contributed by atoms with Crippen molar-refractivity contribution in [3.8, 4) is 5.75 Å². The van der Waals surface area contributed by atoms with Crippen LogP contribution >= 0.6 is 0 Å². The van der Waals surface area contributed by atoms with Crippen LogP contribution in [0.4, 0.5) is 4.39 Å². The van der Waals surface area contributed by atoms with Gasteiger partial charge in [-0.15, -0.1) is 0 Å². The van der Waals surface area contributed by atoms with Gasteiger partial charge in [0.15, 0.2) is 11.6 Å². The van der Waals surface area contributed by atoms with E-state index in [2.05, 4.69) is 4.72 Å². The Kier molecular flexibility index (Phi) is 4.87. The minimum atomic E-state index is -3.81. The van der Waals surface area contributed by atoms with Crippen LogP contribution in [0.2, 0.25) is 0 Å². The first-order valence-corrected chi connectivity index (χ1v) is 8.29. The Labute approximate surface area is 129 Å². The monoisotopic (exact) mass is 327 g/mol. The van der Waals surface area contributed by atoms with E-state index >= 15 is 0 Å². The van der Waals surface area contributed by atoms with Crippen LogP contribution < -0.4 is 9.46 Å². The molecule has 0 amide bonds. The number of rotatable bonds is 6. The van der Waals surface area contributed by atoms with Crippen LogP contribution in [0, 0.1) is 19.7 Å². The highest BCUT2D eigenvalue weighted by Gasteiger charge is 2.17. The zero-order chi connectivity index (χ0) is 16.3.